The summed E-state index contributed by atoms with van der Waals surface area (Å²) in [6.45, 7) is 4.50. The van der Waals surface area contributed by atoms with E-state index in [-0.39, 0.29) is 25.0 Å². The Bertz CT molecular complexity index is 556. The van der Waals surface area contributed by atoms with E-state index in [4.69, 9.17) is 14.2 Å². The third kappa shape index (κ3) is 4.86. The number of benzene rings is 1. The van der Waals surface area contributed by atoms with Crippen molar-refractivity contribution in [2.45, 2.75) is 6.92 Å². The lowest BCUT2D eigenvalue weighted by molar-refractivity contribution is -0.142. The highest BCUT2D eigenvalue weighted by Gasteiger charge is 2.24. The summed E-state index contributed by atoms with van der Waals surface area (Å²) in [4.78, 5) is 27.4. The molecular formula is C17H24N2O5. The zero-order chi connectivity index (χ0) is 17.4. The van der Waals surface area contributed by atoms with Crippen LogP contribution < -0.4 is 9.47 Å². The fourth-order valence-electron chi connectivity index (χ4n) is 2.49. The Balaban J connectivity index is 1.81. The highest BCUT2D eigenvalue weighted by molar-refractivity contribution is 5.80. The van der Waals surface area contributed by atoms with Crippen molar-refractivity contribution in [3.05, 3.63) is 24.3 Å². The van der Waals surface area contributed by atoms with Crippen LogP contribution in [0.1, 0.15) is 6.92 Å². The molecule has 24 heavy (non-hydrogen) atoms. The van der Waals surface area contributed by atoms with Crippen molar-refractivity contribution in [1.29, 1.82) is 0 Å². The molecule has 1 aliphatic heterocycles. The minimum absolute atomic E-state index is 0.0455. The van der Waals surface area contributed by atoms with E-state index in [2.05, 4.69) is 0 Å². The van der Waals surface area contributed by atoms with Crippen LogP contribution in [0, 0.1) is 0 Å². The first kappa shape index (κ1) is 18.1. The molecule has 1 saturated heterocycles. The van der Waals surface area contributed by atoms with Crippen LogP contribution in [-0.4, -0.2) is 74.7 Å². The first-order valence-electron chi connectivity index (χ1n) is 8.04. The van der Waals surface area contributed by atoms with Crippen molar-refractivity contribution in [3.8, 4) is 11.5 Å². The maximum atomic E-state index is 12.3. The molecule has 1 fully saturated rings. The number of carbonyl (C=O) groups excluding carboxylic acids is 2. The molecule has 1 heterocycles. The molecule has 132 valence electrons. The van der Waals surface area contributed by atoms with Gasteiger partial charge in [0.05, 0.1) is 6.61 Å². The molecule has 1 aromatic carbocycles. The lowest BCUT2D eigenvalue weighted by Gasteiger charge is -2.34. The molecule has 7 heteroatoms. The van der Waals surface area contributed by atoms with Crippen LogP contribution in [0.25, 0.3) is 0 Å². The van der Waals surface area contributed by atoms with Gasteiger partial charge >= 0.3 is 0 Å². The van der Waals surface area contributed by atoms with Gasteiger partial charge in [0.25, 0.3) is 5.91 Å². The second-order valence-corrected chi connectivity index (χ2v) is 5.36. The Morgan fingerprint density at radius 3 is 1.92 bits per heavy atom. The van der Waals surface area contributed by atoms with Gasteiger partial charge in [-0.2, -0.15) is 0 Å². The zero-order valence-corrected chi connectivity index (χ0v) is 14.2. The molecule has 2 rings (SSSR count). The molecule has 0 unspecified atom stereocenters. The molecule has 0 spiro atoms. The fourth-order valence-corrected chi connectivity index (χ4v) is 2.49. The summed E-state index contributed by atoms with van der Waals surface area (Å²) in [5.74, 6) is 1.04. The number of amides is 2. The first-order chi connectivity index (χ1) is 11.7. The van der Waals surface area contributed by atoms with Crippen LogP contribution in [-0.2, 0) is 14.3 Å². The smallest absolute Gasteiger partial charge is 0.260 e. The van der Waals surface area contributed by atoms with Gasteiger partial charge in [-0.3, -0.25) is 9.59 Å². The normalized spacial score (nSPS) is 14.4. The molecule has 1 aliphatic rings. The average Bonchev–Trinajstić information content (AvgIpc) is 2.61. The first-order valence-corrected chi connectivity index (χ1v) is 8.04. The molecule has 0 atom stereocenters. The predicted molar refractivity (Wildman–Crippen MR) is 88.1 cm³/mol. The molecule has 7 nitrogen and oxygen atoms in total. The summed E-state index contributed by atoms with van der Waals surface area (Å²) in [6, 6.07) is 7.28. The molecule has 0 aromatic heterocycles. The summed E-state index contributed by atoms with van der Waals surface area (Å²) < 4.78 is 15.9. The Labute approximate surface area is 142 Å². The van der Waals surface area contributed by atoms with Gasteiger partial charge in [-0.25, -0.2) is 0 Å². The molecule has 0 radical (unpaired) electrons. The number of ether oxygens (including phenoxy) is 3. The second kappa shape index (κ2) is 9.12. The molecule has 1 aromatic rings. The zero-order valence-electron chi connectivity index (χ0n) is 14.2. The maximum Gasteiger partial charge on any atom is 0.260 e. The molecule has 0 saturated carbocycles. The van der Waals surface area contributed by atoms with E-state index in [1.54, 1.807) is 15.9 Å². The number of para-hydroxylation sites is 2. The predicted octanol–water partition coefficient (Wildman–Crippen LogP) is 0.781. The third-order valence-corrected chi connectivity index (χ3v) is 3.75. The number of hydrogen-bond acceptors (Lipinski definition) is 5. The third-order valence-electron chi connectivity index (χ3n) is 3.75. The van der Waals surface area contributed by atoms with Gasteiger partial charge in [0, 0.05) is 33.3 Å². The van der Waals surface area contributed by atoms with Crippen LogP contribution in [0.15, 0.2) is 24.3 Å². The fraction of sp³-hybridized carbons (Fsp3) is 0.529. The Morgan fingerprint density at radius 2 is 1.42 bits per heavy atom. The van der Waals surface area contributed by atoms with E-state index in [1.165, 1.54) is 7.11 Å². The molecule has 0 aliphatic carbocycles. The SMILES string of the molecule is CCOc1ccccc1OCC(=O)N1CCN(C(=O)COC)CC1. The van der Waals surface area contributed by atoms with Crippen LogP contribution in [0.3, 0.4) is 0 Å². The molecular weight excluding hydrogens is 312 g/mol. The van der Waals surface area contributed by atoms with Crippen molar-refractivity contribution in [3.63, 3.8) is 0 Å². The standard InChI is InChI=1S/C17H24N2O5/c1-3-23-14-6-4-5-7-15(14)24-13-17(21)19-10-8-18(9-11-19)16(20)12-22-2/h4-7H,3,8-13H2,1-2H3. The number of carbonyl (C=O) groups is 2. The molecule has 2 amide bonds. The Kier molecular flexibility index (Phi) is 6.87. The summed E-state index contributed by atoms with van der Waals surface area (Å²) in [5.41, 5.74) is 0. The van der Waals surface area contributed by atoms with E-state index >= 15 is 0 Å². The van der Waals surface area contributed by atoms with Gasteiger partial charge in [-0.15, -0.1) is 0 Å². The van der Waals surface area contributed by atoms with Crippen molar-refractivity contribution in [1.82, 2.24) is 9.80 Å². The minimum atomic E-state index is -0.0971. The maximum absolute atomic E-state index is 12.3. The van der Waals surface area contributed by atoms with Crippen LogP contribution in [0.4, 0.5) is 0 Å². The number of methoxy groups -OCH3 is 1. The number of rotatable bonds is 7. The number of hydrogen-bond donors (Lipinski definition) is 0. The lowest BCUT2D eigenvalue weighted by Crippen LogP contribution is -2.52. The van der Waals surface area contributed by atoms with Crippen LogP contribution >= 0.6 is 0 Å². The Morgan fingerprint density at radius 1 is 0.917 bits per heavy atom. The largest absolute Gasteiger partial charge is 0.490 e. The summed E-state index contributed by atoms with van der Waals surface area (Å²) in [7, 11) is 1.50. The van der Waals surface area contributed by atoms with Gasteiger partial charge in [0.2, 0.25) is 5.91 Å². The van der Waals surface area contributed by atoms with E-state index in [9.17, 15) is 9.59 Å². The highest BCUT2D eigenvalue weighted by atomic mass is 16.5. The summed E-state index contributed by atoms with van der Waals surface area (Å²) in [6.07, 6.45) is 0. The monoisotopic (exact) mass is 336 g/mol. The van der Waals surface area contributed by atoms with E-state index < -0.39 is 0 Å². The van der Waals surface area contributed by atoms with Crippen LogP contribution in [0.2, 0.25) is 0 Å². The summed E-state index contributed by atoms with van der Waals surface area (Å²) >= 11 is 0. The van der Waals surface area contributed by atoms with Crippen molar-refractivity contribution in [2.75, 3.05) is 53.1 Å². The van der Waals surface area contributed by atoms with Crippen molar-refractivity contribution >= 4 is 11.8 Å². The minimum Gasteiger partial charge on any atom is -0.490 e. The lowest BCUT2D eigenvalue weighted by atomic mass is 10.3. The van der Waals surface area contributed by atoms with Gasteiger partial charge < -0.3 is 24.0 Å². The van der Waals surface area contributed by atoms with E-state index in [1.807, 2.05) is 25.1 Å². The van der Waals surface area contributed by atoms with Crippen molar-refractivity contribution < 1.29 is 23.8 Å². The van der Waals surface area contributed by atoms with E-state index in [0.29, 0.717) is 44.3 Å². The van der Waals surface area contributed by atoms with Gasteiger partial charge in [0.15, 0.2) is 18.1 Å². The second-order valence-electron chi connectivity index (χ2n) is 5.36. The average molecular weight is 336 g/mol. The quantitative estimate of drug-likeness (QED) is 0.736. The Hall–Kier alpha value is -2.28. The summed E-state index contributed by atoms with van der Waals surface area (Å²) in [5, 5.41) is 0. The number of nitrogens with zero attached hydrogens (tertiary/aromatic N) is 2. The number of piperazine rings is 1. The van der Waals surface area contributed by atoms with Gasteiger partial charge in [-0.05, 0) is 19.1 Å². The van der Waals surface area contributed by atoms with Crippen molar-refractivity contribution in [2.24, 2.45) is 0 Å². The molecule has 0 N–H and O–H groups in total. The van der Waals surface area contributed by atoms with Gasteiger partial charge in [-0.1, -0.05) is 12.1 Å². The van der Waals surface area contributed by atoms with Crippen LogP contribution in [0.5, 0.6) is 11.5 Å². The highest BCUT2D eigenvalue weighted by Crippen LogP contribution is 2.26. The topological polar surface area (TPSA) is 68.3 Å². The van der Waals surface area contributed by atoms with E-state index in [0.717, 1.165) is 0 Å². The molecule has 0 bridgehead atoms. The van der Waals surface area contributed by atoms with Gasteiger partial charge in [0.1, 0.15) is 6.61 Å².